The molecule has 0 fully saturated rings. The third-order valence-corrected chi connectivity index (χ3v) is 8.49. The van der Waals surface area contributed by atoms with Crippen molar-refractivity contribution in [2.45, 2.75) is 84.1 Å². The Labute approximate surface area is 270 Å². The zero-order valence-electron chi connectivity index (χ0n) is 26.8. The first-order chi connectivity index (χ1) is 22.0. The van der Waals surface area contributed by atoms with Crippen LogP contribution in [-0.4, -0.2) is 58.3 Å². The van der Waals surface area contributed by atoms with E-state index < -0.39 is 24.0 Å². The molecule has 46 heavy (non-hydrogen) atoms. The summed E-state index contributed by atoms with van der Waals surface area (Å²) in [7, 11) is 0. The number of unbranched alkanes of at least 4 members (excludes halogenated alkanes) is 1. The number of hydrogen-bond acceptors (Lipinski definition) is 6. The lowest BCUT2D eigenvalue weighted by Gasteiger charge is -2.38. The quantitative estimate of drug-likeness (QED) is 0.184. The van der Waals surface area contributed by atoms with Gasteiger partial charge in [0.25, 0.3) is 0 Å². The number of phenols is 1. The number of nitrogens with two attached hydrogens (primary N) is 1. The van der Waals surface area contributed by atoms with E-state index in [9.17, 15) is 24.3 Å². The van der Waals surface area contributed by atoms with E-state index in [4.69, 9.17) is 5.73 Å². The summed E-state index contributed by atoms with van der Waals surface area (Å²) in [6.45, 7) is 6.19. The Hall–Kier alpha value is -4.70. The van der Waals surface area contributed by atoms with Crippen molar-refractivity contribution in [2.24, 2.45) is 5.73 Å². The Balaban J connectivity index is 1.52. The minimum atomic E-state index is -0.916. The summed E-state index contributed by atoms with van der Waals surface area (Å²) >= 11 is 0. The maximum Gasteiger partial charge on any atom is 0.243 e. The third kappa shape index (κ3) is 9.17. The van der Waals surface area contributed by atoms with Crippen LogP contribution in [-0.2, 0) is 45.1 Å². The van der Waals surface area contributed by atoms with Crippen LogP contribution in [0.4, 0.5) is 0 Å². The molecule has 1 heterocycles. The van der Waals surface area contributed by atoms with Gasteiger partial charge in [0.1, 0.15) is 17.8 Å². The van der Waals surface area contributed by atoms with Crippen molar-refractivity contribution in [1.29, 1.82) is 0 Å². The van der Waals surface area contributed by atoms with Crippen molar-refractivity contribution in [3.05, 3.63) is 100 Å². The fourth-order valence-electron chi connectivity index (χ4n) is 5.98. The average molecular weight is 628 g/mol. The standard InChI is InChI=1S/C36H45N5O5/c1-23-17-29(43)18-24(2)30(23)20-31(37)36(46)41-22-28-14-8-7-13-27(28)19-33(41)35(45)40-32(15-9-10-16-38-25(3)42)34(44)39-21-26-11-5-4-6-12-26/h4-8,11-14,17-18,31-33,43H,9-10,15-16,19-22,37H2,1-3H3,(H,38,42)(H,39,44)(H,40,45). The van der Waals surface area contributed by atoms with E-state index in [1.165, 1.54) is 11.8 Å². The maximum atomic E-state index is 14.0. The zero-order valence-corrected chi connectivity index (χ0v) is 26.8. The summed E-state index contributed by atoms with van der Waals surface area (Å²) in [6, 6.07) is 17.9. The Morgan fingerprint density at radius 1 is 0.935 bits per heavy atom. The van der Waals surface area contributed by atoms with E-state index in [0.717, 1.165) is 33.4 Å². The SMILES string of the molecule is CC(=O)NCCCCC(NC(=O)C1Cc2ccccc2CN1C(=O)C(N)Cc1c(C)cc(O)cc1C)C(=O)NCc1ccccc1. The molecular weight excluding hydrogens is 582 g/mol. The molecular formula is C36H45N5O5. The Morgan fingerprint density at radius 2 is 1.59 bits per heavy atom. The van der Waals surface area contributed by atoms with Gasteiger partial charge in [-0.15, -0.1) is 0 Å². The van der Waals surface area contributed by atoms with Crippen LogP contribution in [0.3, 0.4) is 0 Å². The van der Waals surface area contributed by atoms with Gasteiger partial charge in [-0.3, -0.25) is 19.2 Å². The van der Waals surface area contributed by atoms with Crippen LogP contribution in [0.15, 0.2) is 66.7 Å². The highest BCUT2D eigenvalue weighted by Gasteiger charge is 2.38. The molecule has 3 aromatic rings. The molecule has 0 radical (unpaired) electrons. The fourth-order valence-corrected chi connectivity index (χ4v) is 5.98. The number of aryl methyl sites for hydroxylation is 2. The number of nitrogens with zero attached hydrogens (tertiary/aromatic N) is 1. The maximum absolute atomic E-state index is 14.0. The van der Waals surface area contributed by atoms with E-state index in [2.05, 4.69) is 16.0 Å². The van der Waals surface area contributed by atoms with Crippen LogP contribution in [0.5, 0.6) is 5.75 Å². The van der Waals surface area contributed by atoms with E-state index >= 15 is 0 Å². The number of amides is 4. The highest BCUT2D eigenvalue weighted by atomic mass is 16.3. The molecule has 0 spiro atoms. The Morgan fingerprint density at radius 3 is 2.26 bits per heavy atom. The van der Waals surface area contributed by atoms with Crippen LogP contribution in [0.1, 0.15) is 59.6 Å². The molecule has 3 aromatic carbocycles. The van der Waals surface area contributed by atoms with Crippen molar-refractivity contribution >= 4 is 23.6 Å². The summed E-state index contributed by atoms with van der Waals surface area (Å²) < 4.78 is 0. The summed E-state index contributed by atoms with van der Waals surface area (Å²) in [4.78, 5) is 54.2. The summed E-state index contributed by atoms with van der Waals surface area (Å²) in [5.41, 5.74) is 11.9. The van der Waals surface area contributed by atoms with Crippen LogP contribution in [0.2, 0.25) is 0 Å². The highest BCUT2D eigenvalue weighted by molar-refractivity contribution is 5.93. The molecule has 1 aliphatic rings. The number of fused-ring (bicyclic) bond motifs is 1. The Bertz CT molecular complexity index is 1520. The smallest absolute Gasteiger partial charge is 0.243 e. The van der Waals surface area contributed by atoms with E-state index in [-0.39, 0.29) is 36.4 Å². The van der Waals surface area contributed by atoms with Gasteiger partial charge in [0.2, 0.25) is 23.6 Å². The summed E-state index contributed by atoms with van der Waals surface area (Å²) in [5, 5.41) is 18.6. The second kappa shape index (κ2) is 16.0. The van der Waals surface area contributed by atoms with Gasteiger partial charge in [0, 0.05) is 33.0 Å². The van der Waals surface area contributed by atoms with Crippen molar-refractivity contribution in [3.63, 3.8) is 0 Å². The van der Waals surface area contributed by atoms with Gasteiger partial charge in [0.05, 0.1) is 6.04 Å². The number of hydrogen-bond donors (Lipinski definition) is 5. The van der Waals surface area contributed by atoms with E-state index in [0.29, 0.717) is 38.8 Å². The third-order valence-electron chi connectivity index (χ3n) is 8.49. The predicted octanol–water partition coefficient (Wildman–Crippen LogP) is 2.94. The lowest BCUT2D eigenvalue weighted by atomic mass is 9.91. The normalized spacial score (nSPS) is 15.3. The van der Waals surface area contributed by atoms with Crippen LogP contribution < -0.4 is 21.7 Å². The first-order valence-electron chi connectivity index (χ1n) is 15.8. The number of rotatable bonds is 13. The zero-order chi connectivity index (χ0) is 33.2. The van der Waals surface area contributed by atoms with Crippen molar-refractivity contribution in [3.8, 4) is 5.75 Å². The number of aromatic hydroxyl groups is 1. The molecule has 10 nitrogen and oxygen atoms in total. The first-order valence-corrected chi connectivity index (χ1v) is 15.8. The minimum absolute atomic E-state index is 0.123. The van der Waals surface area contributed by atoms with Gasteiger partial charge in [-0.2, -0.15) is 0 Å². The molecule has 0 aromatic heterocycles. The minimum Gasteiger partial charge on any atom is -0.508 e. The number of benzene rings is 3. The molecule has 0 saturated heterocycles. The number of nitrogens with one attached hydrogen (secondary N) is 3. The number of carbonyl (C=O) groups excluding carboxylic acids is 4. The average Bonchev–Trinajstić information content (AvgIpc) is 3.03. The van der Waals surface area contributed by atoms with E-state index in [1.54, 1.807) is 12.1 Å². The summed E-state index contributed by atoms with van der Waals surface area (Å²) in [5.74, 6) is -1.07. The highest BCUT2D eigenvalue weighted by Crippen LogP contribution is 2.26. The van der Waals surface area contributed by atoms with Gasteiger partial charge in [-0.05, 0) is 85.0 Å². The summed E-state index contributed by atoms with van der Waals surface area (Å²) in [6.07, 6.45) is 2.14. The second-order valence-corrected chi connectivity index (χ2v) is 12.1. The van der Waals surface area contributed by atoms with Gasteiger partial charge >= 0.3 is 0 Å². The number of carbonyl (C=O) groups is 4. The number of phenolic OH excluding ortho intramolecular Hbond substituents is 1. The second-order valence-electron chi connectivity index (χ2n) is 12.1. The van der Waals surface area contributed by atoms with Gasteiger partial charge in [-0.1, -0.05) is 54.6 Å². The van der Waals surface area contributed by atoms with Gasteiger partial charge in [0.15, 0.2) is 0 Å². The molecule has 0 aliphatic carbocycles. The molecule has 6 N–H and O–H groups in total. The fraction of sp³-hybridized carbons (Fsp3) is 0.389. The predicted molar refractivity (Wildman–Crippen MR) is 176 cm³/mol. The van der Waals surface area contributed by atoms with Crippen LogP contribution >= 0.6 is 0 Å². The molecule has 0 saturated carbocycles. The van der Waals surface area contributed by atoms with Gasteiger partial charge in [-0.25, -0.2) is 0 Å². The molecule has 3 atom stereocenters. The van der Waals surface area contributed by atoms with Gasteiger partial charge < -0.3 is 31.7 Å². The topological polar surface area (TPSA) is 154 Å². The van der Waals surface area contributed by atoms with Crippen molar-refractivity contribution < 1.29 is 24.3 Å². The van der Waals surface area contributed by atoms with Crippen LogP contribution in [0, 0.1) is 13.8 Å². The molecule has 4 amide bonds. The Kier molecular flexibility index (Phi) is 11.9. The molecule has 3 unspecified atom stereocenters. The molecule has 244 valence electrons. The largest absolute Gasteiger partial charge is 0.508 e. The van der Waals surface area contributed by atoms with Crippen LogP contribution in [0.25, 0.3) is 0 Å². The molecule has 0 bridgehead atoms. The van der Waals surface area contributed by atoms with Crippen molar-refractivity contribution in [2.75, 3.05) is 6.54 Å². The molecule has 4 rings (SSSR count). The lowest BCUT2D eigenvalue weighted by Crippen LogP contribution is -2.59. The monoisotopic (exact) mass is 627 g/mol. The molecule has 1 aliphatic heterocycles. The van der Waals surface area contributed by atoms with Crippen molar-refractivity contribution in [1.82, 2.24) is 20.9 Å². The molecule has 10 heteroatoms. The lowest BCUT2D eigenvalue weighted by molar-refractivity contribution is -0.143. The first kappa shape index (κ1) is 34.2. The van der Waals surface area contributed by atoms with E-state index in [1.807, 2.05) is 68.4 Å².